The molecule has 0 unspecified atom stereocenters. The Morgan fingerprint density at radius 2 is 0.853 bits per heavy atom. The lowest BCUT2D eigenvalue weighted by Gasteiger charge is -2.41. The molecule has 6 fully saturated rings. The SMILES string of the molecule is Cc1c(CC(=O)CC2CCC(O)CC2)cc(Cl)cc1CN1CCN(C(=O)C2CCCC2)[C@@H](C)C1.Cc1c(CC(=O)CC2CCC(O)CC2)cc(Cl)cc1CN1CCN(C(=O)C2CCCC2)[C@@H](C)C1. The summed E-state index contributed by atoms with van der Waals surface area (Å²) in [4.78, 5) is 60.5. The minimum absolute atomic E-state index is 0.186. The van der Waals surface area contributed by atoms with Crippen molar-refractivity contribution < 1.29 is 29.4 Å². The molecule has 0 spiro atoms. The van der Waals surface area contributed by atoms with E-state index in [-0.39, 0.29) is 47.7 Å². The standard InChI is InChI=1S/2C28H41ClN2O3/c2*1-19-17-30(11-12-31(19)28(34)22-5-3-4-6-22)18-24-15-25(29)14-23(20(24)2)16-27(33)13-21-7-9-26(32)10-8-21/h2*14-15,19,21-22,26,32H,3-13,16-18H2,1-2H3/t2*19-,21?,26?/m00/s1. The van der Waals surface area contributed by atoms with E-state index in [1.54, 1.807) is 0 Å². The van der Waals surface area contributed by atoms with Crippen molar-refractivity contribution in [3.05, 3.63) is 67.7 Å². The molecule has 376 valence electrons. The topological polar surface area (TPSA) is 122 Å². The summed E-state index contributed by atoms with van der Waals surface area (Å²) in [5.41, 5.74) is 6.75. The fourth-order valence-electron chi connectivity index (χ4n) is 12.5. The smallest absolute Gasteiger partial charge is 0.226 e. The summed E-state index contributed by atoms with van der Waals surface area (Å²) in [7, 11) is 0. The number of hydrogen-bond donors (Lipinski definition) is 2. The lowest BCUT2D eigenvalue weighted by Crippen LogP contribution is -2.54. The van der Waals surface area contributed by atoms with Crippen LogP contribution in [0.5, 0.6) is 0 Å². The van der Waals surface area contributed by atoms with Gasteiger partial charge in [0, 0.05) is 112 Å². The van der Waals surface area contributed by atoms with E-state index in [1.807, 2.05) is 24.3 Å². The number of ketones is 2. The van der Waals surface area contributed by atoms with E-state index in [2.05, 4.69) is 47.3 Å². The maximum atomic E-state index is 12.9. The monoisotopic (exact) mass is 977 g/mol. The number of amides is 2. The van der Waals surface area contributed by atoms with Gasteiger partial charge in [-0.3, -0.25) is 29.0 Å². The number of piperazine rings is 2. The highest BCUT2D eigenvalue weighted by atomic mass is 35.5. The molecule has 2 atom stereocenters. The van der Waals surface area contributed by atoms with Crippen LogP contribution < -0.4 is 0 Å². The van der Waals surface area contributed by atoms with Gasteiger partial charge in [0.2, 0.25) is 11.8 Å². The molecule has 10 nitrogen and oxygen atoms in total. The third-order valence-corrected chi connectivity index (χ3v) is 17.2. The second kappa shape index (κ2) is 25.0. The van der Waals surface area contributed by atoms with E-state index < -0.39 is 0 Å². The van der Waals surface area contributed by atoms with Gasteiger partial charge in [-0.15, -0.1) is 0 Å². The van der Waals surface area contributed by atoms with Crippen LogP contribution in [-0.2, 0) is 45.1 Å². The largest absolute Gasteiger partial charge is 0.393 e. The molecule has 2 aromatic rings. The number of hydrogen-bond acceptors (Lipinski definition) is 8. The Kier molecular flexibility index (Phi) is 19.5. The molecule has 6 aliphatic rings. The molecule has 4 saturated carbocycles. The van der Waals surface area contributed by atoms with Crippen LogP contribution in [0, 0.1) is 37.5 Å². The first-order chi connectivity index (χ1) is 32.6. The fraction of sp³-hybridized carbons (Fsp3) is 0.714. The van der Waals surface area contributed by atoms with Crippen molar-refractivity contribution in [3.8, 4) is 0 Å². The van der Waals surface area contributed by atoms with Gasteiger partial charge in [-0.2, -0.15) is 0 Å². The normalized spacial score (nSPS) is 26.7. The number of carbonyl (C=O) groups is 4. The number of rotatable bonds is 14. The van der Waals surface area contributed by atoms with Gasteiger partial charge in [-0.25, -0.2) is 0 Å². The first kappa shape index (κ1) is 53.0. The number of benzene rings is 2. The van der Waals surface area contributed by atoms with Gasteiger partial charge in [0.05, 0.1) is 12.2 Å². The van der Waals surface area contributed by atoms with Gasteiger partial charge >= 0.3 is 0 Å². The number of halogens is 2. The lowest BCUT2D eigenvalue weighted by molar-refractivity contribution is -0.140. The van der Waals surface area contributed by atoms with Crippen LogP contribution in [-0.4, -0.2) is 117 Å². The number of Topliss-reactive ketones (excluding diaryl/α,β-unsaturated/α-hetero) is 2. The van der Waals surface area contributed by atoms with E-state index in [0.717, 1.165) is 152 Å². The first-order valence-corrected chi connectivity index (χ1v) is 27.4. The zero-order chi connectivity index (χ0) is 48.5. The van der Waals surface area contributed by atoms with E-state index in [1.165, 1.54) is 36.8 Å². The van der Waals surface area contributed by atoms with Gasteiger partial charge in [0.25, 0.3) is 0 Å². The van der Waals surface area contributed by atoms with Crippen molar-refractivity contribution >= 4 is 46.6 Å². The summed E-state index contributed by atoms with van der Waals surface area (Å²) in [5, 5.41) is 20.8. The van der Waals surface area contributed by atoms with Crippen LogP contribution >= 0.6 is 23.2 Å². The summed E-state index contributed by atoms with van der Waals surface area (Å²) >= 11 is 13.0. The Hall–Kier alpha value is -2.86. The minimum atomic E-state index is -0.186. The third-order valence-electron chi connectivity index (χ3n) is 16.8. The van der Waals surface area contributed by atoms with Crippen LogP contribution in [0.1, 0.15) is 163 Å². The van der Waals surface area contributed by atoms with Crippen molar-refractivity contribution in [1.82, 2.24) is 19.6 Å². The highest BCUT2D eigenvalue weighted by Crippen LogP contribution is 2.33. The summed E-state index contributed by atoms with van der Waals surface area (Å²) in [5.74, 6) is 2.54. The summed E-state index contributed by atoms with van der Waals surface area (Å²) in [6, 6.07) is 8.41. The molecule has 8 rings (SSSR count). The van der Waals surface area contributed by atoms with E-state index >= 15 is 0 Å². The molecule has 0 bridgehead atoms. The minimum Gasteiger partial charge on any atom is -0.393 e. The Morgan fingerprint density at radius 3 is 1.19 bits per heavy atom. The van der Waals surface area contributed by atoms with Crippen molar-refractivity contribution in [2.45, 2.75) is 193 Å². The van der Waals surface area contributed by atoms with E-state index in [4.69, 9.17) is 23.2 Å². The summed E-state index contributed by atoms with van der Waals surface area (Å²) in [6.45, 7) is 15.2. The average molecular weight is 978 g/mol. The van der Waals surface area contributed by atoms with Crippen LogP contribution in [0.3, 0.4) is 0 Å². The van der Waals surface area contributed by atoms with Crippen LogP contribution in [0.2, 0.25) is 10.0 Å². The molecule has 2 saturated heterocycles. The third kappa shape index (κ3) is 14.6. The fourth-order valence-corrected chi connectivity index (χ4v) is 13.0. The van der Waals surface area contributed by atoms with Crippen molar-refractivity contribution in [2.75, 3.05) is 39.3 Å². The maximum absolute atomic E-state index is 12.9. The van der Waals surface area contributed by atoms with Crippen molar-refractivity contribution in [3.63, 3.8) is 0 Å². The van der Waals surface area contributed by atoms with Gasteiger partial charge in [-0.05, 0) is 174 Å². The second-order valence-corrected chi connectivity index (χ2v) is 23.0. The molecular weight excluding hydrogens is 896 g/mol. The predicted octanol–water partition coefficient (Wildman–Crippen LogP) is 9.85. The van der Waals surface area contributed by atoms with Gasteiger partial charge in [-0.1, -0.05) is 48.9 Å². The molecule has 2 heterocycles. The lowest BCUT2D eigenvalue weighted by atomic mass is 9.83. The van der Waals surface area contributed by atoms with Gasteiger partial charge < -0.3 is 20.0 Å². The molecule has 2 N–H and O–H groups in total. The Morgan fingerprint density at radius 1 is 0.515 bits per heavy atom. The average Bonchev–Trinajstić information content (AvgIpc) is 4.05. The quantitative estimate of drug-likeness (QED) is 0.192. The van der Waals surface area contributed by atoms with Gasteiger partial charge in [0.15, 0.2) is 0 Å². The second-order valence-electron chi connectivity index (χ2n) is 22.1. The summed E-state index contributed by atoms with van der Waals surface area (Å²) in [6.07, 6.45) is 17.7. The van der Waals surface area contributed by atoms with E-state index in [9.17, 15) is 29.4 Å². The number of carbonyl (C=O) groups excluding carboxylic acids is 4. The highest BCUT2D eigenvalue weighted by molar-refractivity contribution is 6.31. The molecule has 0 aromatic heterocycles. The zero-order valence-electron chi connectivity index (χ0n) is 41.8. The van der Waals surface area contributed by atoms with E-state index in [0.29, 0.717) is 59.4 Å². The Labute approximate surface area is 417 Å². The van der Waals surface area contributed by atoms with Crippen LogP contribution in [0.25, 0.3) is 0 Å². The molecule has 68 heavy (non-hydrogen) atoms. The molecule has 2 aromatic carbocycles. The van der Waals surface area contributed by atoms with Crippen LogP contribution in [0.4, 0.5) is 0 Å². The molecular formula is C56H82Cl2N4O6. The highest BCUT2D eigenvalue weighted by Gasteiger charge is 2.35. The van der Waals surface area contributed by atoms with Gasteiger partial charge in [0.1, 0.15) is 11.6 Å². The maximum Gasteiger partial charge on any atom is 0.226 e. The Balaban J connectivity index is 0.000000201. The van der Waals surface area contributed by atoms with Crippen molar-refractivity contribution in [1.29, 1.82) is 0 Å². The first-order valence-electron chi connectivity index (χ1n) is 26.6. The summed E-state index contributed by atoms with van der Waals surface area (Å²) < 4.78 is 0. The number of aliphatic hydroxyl groups is 2. The molecule has 4 aliphatic carbocycles. The zero-order valence-corrected chi connectivity index (χ0v) is 43.3. The molecule has 12 heteroatoms. The Bertz CT molecular complexity index is 1890. The molecule has 2 amide bonds. The number of nitrogens with zero attached hydrogens (tertiary/aromatic N) is 4. The van der Waals surface area contributed by atoms with Crippen molar-refractivity contribution in [2.24, 2.45) is 23.7 Å². The molecule has 0 radical (unpaired) electrons. The predicted molar refractivity (Wildman–Crippen MR) is 272 cm³/mol. The molecule has 2 aliphatic heterocycles. The number of aliphatic hydroxyl groups excluding tert-OH is 2. The van der Waals surface area contributed by atoms with Crippen LogP contribution in [0.15, 0.2) is 24.3 Å².